The molecule has 1 heteroatoms. The van der Waals surface area contributed by atoms with Gasteiger partial charge in [0.25, 0.3) is 0 Å². The number of benzene rings is 1. The maximum absolute atomic E-state index is 5.80. The first-order valence-corrected chi connectivity index (χ1v) is 5.34. The lowest BCUT2D eigenvalue weighted by molar-refractivity contribution is -0.0374. The summed E-state index contributed by atoms with van der Waals surface area (Å²) in [6, 6.07) is 10.5. The number of ether oxygens (including phenoxy) is 1. The second-order valence-corrected chi connectivity index (χ2v) is 4.89. The SMILES string of the molecule is CC1(C)CCOC(c2ccccc2)C1. The lowest BCUT2D eigenvalue weighted by Crippen LogP contribution is -2.26. The van der Waals surface area contributed by atoms with Gasteiger partial charge in [0.2, 0.25) is 0 Å². The van der Waals surface area contributed by atoms with Crippen molar-refractivity contribution in [2.75, 3.05) is 6.61 Å². The van der Waals surface area contributed by atoms with Crippen LogP contribution in [0.5, 0.6) is 0 Å². The van der Waals surface area contributed by atoms with Crippen LogP contribution in [0.1, 0.15) is 38.4 Å². The molecule has 1 fully saturated rings. The lowest BCUT2D eigenvalue weighted by Gasteiger charge is -2.35. The summed E-state index contributed by atoms with van der Waals surface area (Å²) in [5.74, 6) is 0. The minimum absolute atomic E-state index is 0.306. The Morgan fingerprint density at radius 1 is 1.21 bits per heavy atom. The molecule has 1 aliphatic heterocycles. The standard InChI is InChI=1S/C13H18O/c1-13(2)8-9-14-12(10-13)11-6-4-3-5-7-11/h3-7,12H,8-10H2,1-2H3. The lowest BCUT2D eigenvalue weighted by atomic mass is 9.80. The van der Waals surface area contributed by atoms with Crippen molar-refractivity contribution in [1.29, 1.82) is 0 Å². The predicted octanol–water partition coefficient (Wildman–Crippen LogP) is 3.56. The van der Waals surface area contributed by atoms with E-state index in [-0.39, 0.29) is 0 Å². The van der Waals surface area contributed by atoms with E-state index in [0.29, 0.717) is 11.5 Å². The Kier molecular flexibility index (Phi) is 2.60. The van der Waals surface area contributed by atoms with Crippen LogP contribution >= 0.6 is 0 Å². The van der Waals surface area contributed by atoms with Gasteiger partial charge in [0, 0.05) is 6.61 Å². The van der Waals surface area contributed by atoms with Crippen molar-refractivity contribution >= 4 is 0 Å². The Hall–Kier alpha value is -0.820. The van der Waals surface area contributed by atoms with Crippen molar-refractivity contribution in [1.82, 2.24) is 0 Å². The van der Waals surface area contributed by atoms with Gasteiger partial charge >= 0.3 is 0 Å². The van der Waals surface area contributed by atoms with Gasteiger partial charge in [0.15, 0.2) is 0 Å². The number of hydrogen-bond donors (Lipinski definition) is 0. The molecular formula is C13H18O. The summed E-state index contributed by atoms with van der Waals surface area (Å²) in [6.07, 6.45) is 2.62. The third-order valence-corrected chi connectivity index (χ3v) is 3.01. The minimum Gasteiger partial charge on any atom is -0.373 e. The van der Waals surface area contributed by atoms with Crippen LogP contribution in [0.2, 0.25) is 0 Å². The van der Waals surface area contributed by atoms with Crippen LogP contribution in [0.3, 0.4) is 0 Å². The molecule has 0 bridgehead atoms. The van der Waals surface area contributed by atoms with Gasteiger partial charge in [-0.15, -0.1) is 0 Å². The van der Waals surface area contributed by atoms with Crippen molar-refractivity contribution in [2.45, 2.75) is 32.8 Å². The highest BCUT2D eigenvalue weighted by atomic mass is 16.5. The summed E-state index contributed by atoms with van der Waals surface area (Å²) in [5.41, 5.74) is 1.75. The zero-order valence-electron chi connectivity index (χ0n) is 8.99. The predicted molar refractivity (Wildman–Crippen MR) is 58.2 cm³/mol. The first kappa shape index (κ1) is 9.72. The van der Waals surface area contributed by atoms with Crippen LogP contribution in [-0.4, -0.2) is 6.61 Å². The Bertz CT molecular complexity index is 289. The van der Waals surface area contributed by atoms with Crippen molar-refractivity contribution in [3.63, 3.8) is 0 Å². The molecule has 0 aliphatic carbocycles. The molecule has 1 atom stereocenters. The fourth-order valence-electron chi connectivity index (χ4n) is 2.02. The zero-order chi connectivity index (χ0) is 10.0. The molecule has 1 unspecified atom stereocenters. The molecule has 1 saturated heterocycles. The fourth-order valence-corrected chi connectivity index (χ4v) is 2.02. The summed E-state index contributed by atoms with van der Waals surface area (Å²) < 4.78 is 5.80. The van der Waals surface area contributed by atoms with Crippen molar-refractivity contribution in [3.05, 3.63) is 35.9 Å². The Balaban J connectivity index is 2.12. The van der Waals surface area contributed by atoms with Gasteiger partial charge in [0.1, 0.15) is 0 Å². The van der Waals surface area contributed by atoms with Gasteiger partial charge in [0.05, 0.1) is 6.10 Å². The zero-order valence-corrected chi connectivity index (χ0v) is 8.99. The van der Waals surface area contributed by atoms with E-state index in [0.717, 1.165) is 13.0 Å². The van der Waals surface area contributed by atoms with E-state index in [1.54, 1.807) is 0 Å². The second kappa shape index (κ2) is 3.74. The molecule has 1 heterocycles. The molecule has 1 nitrogen and oxygen atoms in total. The molecule has 2 rings (SSSR count). The number of hydrogen-bond acceptors (Lipinski definition) is 1. The highest BCUT2D eigenvalue weighted by molar-refractivity contribution is 5.18. The summed E-state index contributed by atoms with van der Waals surface area (Å²) in [4.78, 5) is 0. The highest BCUT2D eigenvalue weighted by Gasteiger charge is 2.29. The van der Waals surface area contributed by atoms with Crippen LogP contribution in [0, 0.1) is 5.41 Å². The van der Waals surface area contributed by atoms with Crippen LogP contribution in [0.25, 0.3) is 0 Å². The van der Waals surface area contributed by atoms with Gasteiger partial charge in [-0.2, -0.15) is 0 Å². The van der Waals surface area contributed by atoms with Crippen LogP contribution in [0.4, 0.5) is 0 Å². The largest absolute Gasteiger partial charge is 0.373 e. The quantitative estimate of drug-likeness (QED) is 0.658. The first-order valence-electron chi connectivity index (χ1n) is 5.34. The molecule has 0 spiro atoms. The van der Waals surface area contributed by atoms with Gasteiger partial charge < -0.3 is 4.74 Å². The van der Waals surface area contributed by atoms with Crippen molar-refractivity contribution in [3.8, 4) is 0 Å². The summed E-state index contributed by atoms with van der Waals surface area (Å²) >= 11 is 0. The molecule has 0 saturated carbocycles. The topological polar surface area (TPSA) is 9.23 Å². The first-order chi connectivity index (χ1) is 6.67. The Morgan fingerprint density at radius 3 is 2.57 bits per heavy atom. The van der Waals surface area contributed by atoms with E-state index in [1.165, 1.54) is 12.0 Å². The van der Waals surface area contributed by atoms with Gasteiger partial charge in [-0.3, -0.25) is 0 Å². The van der Waals surface area contributed by atoms with E-state index in [1.807, 2.05) is 0 Å². The minimum atomic E-state index is 0.306. The molecule has 1 aromatic carbocycles. The molecule has 1 aliphatic rings. The maximum atomic E-state index is 5.80. The van der Waals surface area contributed by atoms with Crippen molar-refractivity contribution in [2.24, 2.45) is 5.41 Å². The summed E-state index contributed by atoms with van der Waals surface area (Å²) in [7, 11) is 0. The maximum Gasteiger partial charge on any atom is 0.0830 e. The second-order valence-electron chi connectivity index (χ2n) is 4.89. The van der Waals surface area contributed by atoms with E-state index in [9.17, 15) is 0 Å². The van der Waals surface area contributed by atoms with Gasteiger partial charge in [-0.1, -0.05) is 44.2 Å². The van der Waals surface area contributed by atoms with E-state index in [4.69, 9.17) is 4.74 Å². The molecule has 76 valence electrons. The van der Waals surface area contributed by atoms with E-state index >= 15 is 0 Å². The van der Waals surface area contributed by atoms with E-state index in [2.05, 4.69) is 44.2 Å². The molecule has 0 radical (unpaired) electrons. The molecule has 0 N–H and O–H groups in total. The normalized spacial score (nSPS) is 26.0. The fraction of sp³-hybridized carbons (Fsp3) is 0.538. The van der Waals surface area contributed by atoms with Gasteiger partial charge in [-0.25, -0.2) is 0 Å². The molecule has 0 amide bonds. The van der Waals surface area contributed by atoms with Crippen molar-refractivity contribution < 1.29 is 4.74 Å². The monoisotopic (exact) mass is 190 g/mol. The van der Waals surface area contributed by atoms with Crippen LogP contribution in [0.15, 0.2) is 30.3 Å². The highest BCUT2D eigenvalue weighted by Crippen LogP contribution is 2.39. The average molecular weight is 190 g/mol. The molecule has 1 aromatic rings. The molecule has 14 heavy (non-hydrogen) atoms. The number of rotatable bonds is 1. The van der Waals surface area contributed by atoms with Crippen LogP contribution in [-0.2, 0) is 4.74 Å². The molecule has 0 aromatic heterocycles. The Labute approximate surface area is 86.1 Å². The Morgan fingerprint density at radius 2 is 1.93 bits per heavy atom. The summed E-state index contributed by atoms with van der Waals surface area (Å²) in [5, 5.41) is 0. The summed E-state index contributed by atoms with van der Waals surface area (Å²) in [6.45, 7) is 5.55. The van der Waals surface area contributed by atoms with Crippen LogP contribution < -0.4 is 0 Å². The third-order valence-electron chi connectivity index (χ3n) is 3.01. The average Bonchev–Trinajstić information content (AvgIpc) is 2.18. The van der Waals surface area contributed by atoms with Gasteiger partial charge in [-0.05, 0) is 23.8 Å². The molecular weight excluding hydrogens is 172 g/mol. The third kappa shape index (κ3) is 2.16. The van der Waals surface area contributed by atoms with E-state index < -0.39 is 0 Å². The smallest absolute Gasteiger partial charge is 0.0830 e.